The second-order valence-corrected chi connectivity index (χ2v) is 15.0. The molecule has 4 aromatic rings. The molecule has 11 nitrogen and oxygen atoms in total. The number of rotatable bonds is 7. The molecule has 1 aromatic heterocycles. The van der Waals surface area contributed by atoms with Crippen LogP contribution < -0.4 is 5.43 Å². The van der Waals surface area contributed by atoms with Gasteiger partial charge in [-0.25, -0.2) is 4.98 Å². The Morgan fingerprint density at radius 2 is 1.69 bits per heavy atom. The number of aliphatic carboxylic acids is 1. The first kappa shape index (κ1) is 36.5. The fourth-order valence-corrected chi connectivity index (χ4v) is 9.51. The van der Waals surface area contributed by atoms with Crippen molar-refractivity contribution in [2.75, 3.05) is 12.0 Å². The van der Waals surface area contributed by atoms with Crippen molar-refractivity contribution in [3.05, 3.63) is 111 Å². The summed E-state index contributed by atoms with van der Waals surface area (Å²) in [5, 5.41) is 22.9. The SMILES string of the molecule is O=C(O)CCN1C(=O)C2CC=C3C(CC4C(=O)N(Nc5ncc(C(F)(F)F)cc5Cl)C(=O)C4(c4ccc(Cl)cc4)C3c3c(O)ccc4ccccc34)C2C1=O. The highest BCUT2D eigenvalue weighted by Crippen LogP contribution is 2.65. The van der Waals surface area contributed by atoms with Crippen molar-refractivity contribution in [2.24, 2.45) is 23.7 Å². The number of carboxylic acid groups (broad SMARTS) is 1. The molecule has 2 saturated heterocycles. The zero-order valence-electron chi connectivity index (χ0n) is 28.4. The number of imide groups is 2. The Labute approximate surface area is 320 Å². The number of amides is 4. The van der Waals surface area contributed by atoms with E-state index in [2.05, 4.69) is 10.4 Å². The van der Waals surface area contributed by atoms with E-state index in [1.165, 1.54) is 6.07 Å². The molecule has 3 fully saturated rings. The van der Waals surface area contributed by atoms with E-state index in [-0.39, 0.29) is 30.7 Å². The highest BCUT2D eigenvalue weighted by Gasteiger charge is 2.71. The van der Waals surface area contributed by atoms with Crippen molar-refractivity contribution in [2.45, 2.75) is 36.8 Å². The second kappa shape index (κ2) is 13.1. The standard InChI is InChI=1S/C39H29Cl2F3N4O7/c40-21-8-6-19(7-9-21)38-26(35(53)48(37(38)55)46-33-27(41)15-20(17-45-33)39(42,43)44)16-25-23(32(38)31-22-4-2-1-3-18(22)5-12-28(31)49)10-11-24-30(25)36(54)47(34(24)52)14-13-29(50)51/h1-10,12,15,17,24-26,30,32,49H,11,13-14,16H2,(H,45,46)(H,50,51). The Bertz CT molecular complexity index is 2370. The summed E-state index contributed by atoms with van der Waals surface area (Å²) >= 11 is 12.6. The van der Waals surface area contributed by atoms with Crippen LogP contribution in [-0.4, -0.2) is 61.2 Å². The van der Waals surface area contributed by atoms with E-state index < -0.39 is 93.6 Å². The molecule has 8 rings (SSSR count). The number of hydrogen-bond acceptors (Lipinski definition) is 8. The summed E-state index contributed by atoms with van der Waals surface area (Å²) in [6.07, 6.45) is -3.04. The highest BCUT2D eigenvalue weighted by atomic mass is 35.5. The molecule has 55 heavy (non-hydrogen) atoms. The van der Waals surface area contributed by atoms with Crippen LogP contribution in [-0.2, 0) is 35.6 Å². The van der Waals surface area contributed by atoms with Crippen molar-refractivity contribution >= 4 is 69.4 Å². The number of pyridine rings is 1. The number of anilines is 1. The predicted molar refractivity (Wildman–Crippen MR) is 191 cm³/mol. The van der Waals surface area contributed by atoms with Gasteiger partial charge in [0.15, 0.2) is 5.82 Å². The van der Waals surface area contributed by atoms with Crippen LogP contribution in [0.25, 0.3) is 10.8 Å². The molecule has 2 aliphatic carbocycles. The van der Waals surface area contributed by atoms with Gasteiger partial charge < -0.3 is 10.2 Å². The van der Waals surface area contributed by atoms with Gasteiger partial charge in [-0.05, 0) is 59.4 Å². The topological polar surface area (TPSA) is 157 Å². The van der Waals surface area contributed by atoms with Crippen molar-refractivity contribution in [1.82, 2.24) is 14.9 Å². The zero-order chi connectivity index (χ0) is 39.1. The molecule has 282 valence electrons. The first-order valence-corrected chi connectivity index (χ1v) is 18.0. The van der Waals surface area contributed by atoms with Crippen molar-refractivity contribution in [1.29, 1.82) is 0 Å². The van der Waals surface area contributed by atoms with Crippen molar-refractivity contribution < 1.29 is 47.4 Å². The number of hydrogen-bond donors (Lipinski definition) is 3. The molecule has 0 bridgehead atoms. The monoisotopic (exact) mass is 792 g/mol. The summed E-state index contributed by atoms with van der Waals surface area (Å²) in [6.45, 7) is -0.344. The number of alkyl halides is 3. The highest BCUT2D eigenvalue weighted by molar-refractivity contribution is 6.33. The molecule has 3 heterocycles. The number of aromatic hydroxyl groups is 1. The van der Waals surface area contributed by atoms with E-state index in [1.807, 2.05) is 6.07 Å². The number of halogens is 5. The van der Waals surface area contributed by atoms with Gasteiger partial charge >= 0.3 is 12.1 Å². The number of carbonyl (C=O) groups is 5. The number of nitrogens with one attached hydrogen (secondary N) is 1. The Hall–Kier alpha value is -5.47. The molecule has 16 heteroatoms. The number of fused-ring (bicyclic) bond motifs is 5. The molecular weight excluding hydrogens is 764 g/mol. The number of allylic oxidation sites excluding steroid dienone is 2. The maximum Gasteiger partial charge on any atom is 0.417 e. The number of aromatic nitrogens is 1. The molecule has 0 radical (unpaired) electrons. The number of benzene rings is 3. The first-order chi connectivity index (χ1) is 26.1. The van der Waals surface area contributed by atoms with Crippen LogP contribution in [0.15, 0.2) is 84.6 Å². The third kappa shape index (κ3) is 5.55. The minimum absolute atomic E-state index is 0.0588. The minimum Gasteiger partial charge on any atom is -0.508 e. The van der Waals surface area contributed by atoms with Crippen LogP contribution in [0.4, 0.5) is 19.0 Å². The Morgan fingerprint density at radius 1 is 0.964 bits per heavy atom. The molecular formula is C39H29Cl2F3N4O7. The number of nitrogens with zero attached hydrogens (tertiary/aromatic N) is 3. The average Bonchev–Trinajstić information content (AvgIpc) is 3.51. The number of phenols is 1. The zero-order valence-corrected chi connectivity index (χ0v) is 29.9. The summed E-state index contributed by atoms with van der Waals surface area (Å²) in [4.78, 5) is 74.3. The minimum atomic E-state index is -4.78. The van der Waals surface area contributed by atoms with E-state index in [9.17, 15) is 42.6 Å². The van der Waals surface area contributed by atoms with E-state index in [0.717, 1.165) is 4.90 Å². The van der Waals surface area contributed by atoms with Crippen molar-refractivity contribution in [3.63, 3.8) is 0 Å². The molecule has 1 saturated carbocycles. The van der Waals surface area contributed by atoms with Gasteiger partial charge in [0.2, 0.25) is 11.8 Å². The quantitative estimate of drug-likeness (QED) is 0.137. The summed E-state index contributed by atoms with van der Waals surface area (Å²) in [5.74, 6) is -9.76. The molecule has 2 aliphatic heterocycles. The third-order valence-electron chi connectivity index (χ3n) is 11.4. The smallest absolute Gasteiger partial charge is 0.417 e. The van der Waals surface area contributed by atoms with Gasteiger partial charge in [0.25, 0.3) is 11.8 Å². The van der Waals surface area contributed by atoms with Gasteiger partial charge in [0.1, 0.15) is 5.75 Å². The number of hydrazine groups is 1. The lowest BCUT2D eigenvalue weighted by Crippen LogP contribution is -2.53. The van der Waals surface area contributed by atoms with Gasteiger partial charge in [-0.1, -0.05) is 77.3 Å². The van der Waals surface area contributed by atoms with Gasteiger partial charge in [0.05, 0.1) is 40.2 Å². The maximum atomic E-state index is 15.4. The van der Waals surface area contributed by atoms with Crippen LogP contribution >= 0.6 is 23.2 Å². The van der Waals surface area contributed by atoms with Gasteiger partial charge in [-0.2, -0.15) is 18.2 Å². The summed E-state index contributed by atoms with van der Waals surface area (Å²) in [5.41, 5.74) is 0.692. The Balaban J connectivity index is 1.36. The van der Waals surface area contributed by atoms with Crippen LogP contribution in [0.2, 0.25) is 10.0 Å². The normalized spacial score (nSPS) is 26.2. The van der Waals surface area contributed by atoms with E-state index in [0.29, 0.717) is 44.2 Å². The van der Waals surface area contributed by atoms with E-state index >= 15 is 4.79 Å². The van der Waals surface area contributed by atoms with Gasteiger partial charge in [-0.3, -0.25) is 34.3 Å². The fraction of sp³-hybridized carbons (Fsp3) is 0.282. The lowest BCUT2D eigenvalue weighted by molar-refractivity contribution is -0.143. The lowest BCUT2D eigenvalue weighted by atomic mass is 9.48. The molecule has 6 unspecified atom stereocenters. The van der Waals surface area contributed by atoms with Gasteiger partial charge in [-0.15, -0.1) is 0 Å². The lowest BCUT2D eigenvalue weighted by Gasteiger charge is -2.51. The van der Waals surface area contributed by atoms with E-state index in [1.54, 1.807) is 54.6 Å². The van der Waals surface area contributed by atoms with Crippen molar-refractivity contribution in [3.8, 4) is 5.75 Å². The molecule has 6 atom stereocenters. The number of likely N-dealkylation sites (tertiary alicyclic amines) is 1. The first-order valence-electron chi connectivity index (χ1n) is 17.3. The van der Waals surface area contributed by atoms with Crippen LogP contribution in [0, 0.1) is 23.7 Å². The molecule has 4 aliphatic rings. The predicted octanol–water partition coefficient (Wildman–Crippen LogP) is 6.73. The van der Waals surface area contributed by atoms with Crippen LogP contribution in [0.3, 0.4) is 0 Å². The van der Waals surface area contributed by atoms with Crippen LogP contribution in [0.5, 0.6) is 5.75 Å². The second-order valence-electron chi connectivity index (χ2n) is 14.1. The molecule has 3 aromatic carbocycles. The Morgan fingerprint density at radius 3 is 2.38 bits per heavy atom. The number of phenolic OH excluding ortho intramolecular Hbond substituents is 1. The van der Waals surface area contributed by atoms with Gasteiger partial charge in [0, 0.05) is 29.2 Å². The summed E-state index contributed by atoms with van der Waals surface area (Å²) in [6, 6.07) is 17.1. The number of carbonyl (C=O) groups excluding carboxylic acids is 4. The largest absolute Gasteiger partial charge is 0.508 e. The fourth-order valence-electron chi connectivity index (χ4n) is 9.18. The maximum absolute atomic E-state index is 15.4. The average molecular weight is 794 g/mol. The number of carboxylic acids is 1. The molecule has 3 N–H and O–H groups in total. The molecule has 4 amide bonds. The van der Waals surface area contributed by atoms with Crippen LogP contribution in [0.1, 0.15) is 41.9 Å². The molecule has 0 spiro atoms. The third-order valence-corrected chi connectivity index (χ3v) is 12.0. The van der Waals surface area contributed by atoms with E-state index in [4.69, 9.17) is 23.2 Å². The summed E-state index contributed by atoms with van der Waals surface area (Å²) < 4.78 is 40.5. The summed E-state index contributed by atoms with van der Waals surface area (Å²) in [7, 11) is 0. The Kier molecular flexibility index (Phi) is 8.69.